The lowest BCUT2D eigenvalue weighted by Gasteiger charge is -2.25. The van der Waals surface area contributed by atoms with E-state index in [4.69, 9.17) is 24.3 Å². The van der Waals surface area contributed by atoms with Crippen molar-refractivity contribution in [1.29, 1.82) is 0 Å². The highest BCUT2D eigenvalue weighted by Crippen LogP contribution is 2.46. The third-order valence-electron chi connectivity index (χ3n) is 6.73. The number of hydrogen-bond acceptors (Lipinski definition) is 11. The number of aromatic amines is 1. The van der Waals surface area contributed by atoms with Gasteiger partial charge in [-0.25, -0.2) is 9.55 Å². The Morgan fingerprint density at radius 1 is 1.23 bits per heavy atom. The summed E-state index contributed by atoms with van der Waals surface area (Å²) >= 11 is 0. The van der Waals surface area contributed by atoms with Crippen molar-refractivity contribution in [2.45, 2.75) is 38.0 Å². The summed E-state index contributed by atoms with van der Waals surface area (Å²) in [6.07, 6.45) is -2.56. The van der Waals surface area contributed by atoms with Crippen LogP contribution in [-0.2, 0) is 30.0 Å². The molecule has 0 aliphatic carbocycles. The van der Waals surface area contributed by atoms with E-state index in [2.05, 4.69) is 20.0 Å². The van der Waals surface area contributed by atoms with Gasteiger partial charge in [-0.1, -0.05) is 48.5 Å². The van der Waals surface area contributed by atoms with Gasteiger partial charge in [0, 0.05) is 5.92 Å². The number of ether oxygens (including phenoxy) is 2. The lowest BCUT2D eigenvalue weighted by atomic mass is 10.0. The van der Waals surface area contributed by atoms with E-state index in [1.807, 2.05) is 6.07 Å². The number of rotatable bonds is 12. The number of nitrogens with zero attached hydrogens (tertiary/aromatic N) is 3. The van der Waals surface area contributed by atoms with Crippen molar-refractivity contribution in [3.8, 4) is 5.75 Å². The number of nitrogen functional groups attached to an aromatic ring is 1. The number of aliphatic hydroxyl groups is 1. The van der Waals surface area contributed by atoms with Crippen LogP contribution in [0.1, 0.15) is 18.7 Å². The maximum atomic E-state index is 14.2. The number of H-pyrrole nitrogens is 1. The van der Waals surface area contributed by atoms with Crippen LogP contribution in [0.15, 0.2) is 71.8 Å². The molecule has 0 bridgehead atoms. The highest BCUT2D eigenvalue weighted by Gasteiger charge is 2.47. The van der Waals surface area contributed by atoms with Crippen molar-refractivity contribution in [2.75, 3.05) is 19.0 Å². The van der Waals surface area contributed by atoms with Gasteiger partial charge in [0.15, 0.2) is 17.4 Å². The van der Waals surface area contributed by atoms with Crippen LogP contribution in [0.5, 0.6) is 5.75 Å². The van der Waals surface area contributed by atoms with Gasteiger partial charge in [-0.3, -0.25) is 28.1 Å². The van der Waals surface area contributed by atoms with Crippen molar-refractivity contribution in [3.05, 3.63) is 82.9 Å². The summed E-state index contributed by atoms with van der Waals surface area (Å²) in [6.45, 7) is -0.0979. The molecule has 1 saturated heterocycles. The number of imidazole rings is 1. The summed E-state index contributed by atoms with van der Waals surface area (Å²) in [7, 11) is -4.32. The number of fused-ring (bicyclic) bond motifs is 1. The molecule has 0 spiro atoms. The van der Waals surface area contributed by atoms with E-state index in [1.54, 1.807) is 42.5 Å². The van der Waals surface area contributed by atoms with Gasteiger partial charge in [-0.2, -0.15) is 10.1 Å². The molecule has 1 aliphatic rings. The molecule has 5 rings (SSSR count). The number of para-hydroxylation sites is 1. The van der Waals surface area contributed by atoms with Gasteiger partial charge >= 0.3 is 13.7 Å². The minimum absolute atomic E-state index is 0.000920. The first-order chi connectivity index (χ1) is 20.7. The molecule has 2 aromatic heterocycles. The van der Waals surface area contributed by atoms with Gasteiger partial charge in [0.25, 0.3) is 5.56 Å². The van der Waals surface area contributed by atoms with Crippen LogP contribution in [0.2, 0.25) is 0 Å². The predicted octanol–water partition coefficient (Wildman–Crippen LogP) is 2.47. The van der Waals surface area contributed by atoms with Crippen LogP contribution in [-0.4, -0.2) is 62.1 Å². The first kappa shape index (κ1) is 30.3. The molecule has 14 nitrogen and oxygen atoms in total. The van der Waals surface area contributed by atoms with E-state index < -0.39 is 63.0 Å². The summed E-state index contributed by atoms with van der Waals surface area (Å²) in [5.74, 6) is -1.85. The zero-order valence-corrected chi connectivity index (χ0v) is 23.8. The second kappa shape index (κ2) is 13.0. The molecule has 16 heteroatoms. The van der Waals surface area contributed by atoms with Gasteiger partial charge < -0.3 is 24.8 Å². The van der Waals surface area contributed by atoms with Crippen LogP contribution in [0, 0.1) is 5.92 Å². The molecule has 1 fully saturated rings. The summed E-state index contributed by atoms with van der Waals surface area (Å²) < 4.78 is 51.9. The lowest BCUT2D eigenvalue weighted by molar-refractivity contribution is -0.146. The number of nitrogens with two attached hydrogens (primary N) is 1. The molecule has 0 radical (unpaired) electrons. The standard InChI is InChI=1S/C27H30FN6O8P/c1-16(26(37)39-13-17-8-4-2-5-9-17)33-43(38,42-18-10-6-3-7-11-18)40-14-20-19(12-28)22(35)25(41-20)34-15-30-21-23(34)31-27(29)32-24(21)36/h2-11,15-16,19-20,22,25,35H,12-14H2,1H3,(H,33,38)(H3,29,31,32,36). The molecule has 4 aromatic rings. The molecule has 43 heavy (non-hydrogen) atoms. The molecule has 6 atom stereocenters. The van der Waals surface area contributed by atoms with Crippen LogP contribution < -0.4 is 20.9 Å². The first-order valence-electron chi connectivity index (χ1n) is 13.3. The van der Waals surface area contributed by atoms with Crippen molar-refractivity contribution in [1.82, 2.24) is 24.6 Å². The van der Waals surface area contributed by atoms with Gasteiger partial charge in [0.1, 0.15) is 24.5 Å². The van der Waals surface area contributed by atoms with Crippen LogP contribution in [0.25, 0.3) is 11.2 Å². The summed E-state index contributed by atoms with van der Waals surface area (Å²) in [5.41, 5.74) is 5.79. The Morgan fingerprint density at radius 3 is 2.63 bits per heavy atom. The number of nitrogens with one attached hydrogen (secondary N) is 2. The Kier molecular flexibility index (Phi) is 9.18. The summed E-state index contributed by atoms with van der Waals surface area (Å²) in [5, 5.41) is 13.5. The van der Waals surface area contributed by atoms with Gasteiger partial charge in [0.05, 0.1) is 25.7 Å². The van der Waals surface area contributed by atoms with Gasteiger partial charge in [-0.15, -0.1) is 0 Å². The number of aromatic nitrogens is 4. The summed E-state index contributed by atoms with van der Waals surface area (Å²) in [4.78, 5) is 35.3. The second-order valence-electron chi connectivity index (χ2n) is 9.79. The molecule has 0 saturated carbocycles. The fourth-order valence-corrected chi connectivity index (χ4v) is 6.03. The summed E-state index contributed by atoms with van der Waals surface area (Å²) in [6, 6.07) is 16.0. The van der Waals surface area contributed by atoms with Crippen molar-refractivity contribution < 1.29 is 37.4 Å². The molecular formula is C27H30FN6O8P. The predicted molar refractivity (Wildman–Crippen MR) is 151 cm³/mol. The van der Waals surface area contributed by atoms with E-state index in [0.29, 0.717) is 0 Å². The van der Waals surface area contributed by atoms with Crippen molar-refractivity contribution in [3.63, 3.8) is 0 Å². The van der Waals surface area contributed by atoms with Gasteiger partial charge in [0.2, 0.25) is 5.95 Å². The van der Waals surface area contributed by atoms with E-state index in [1.165, 1.54) is 30.0 Å². The molecule has 3 heterocycles. The smallest absolute Gasteiger partial charge is 0.459 e. The number of esters is 1. The Morgan fingerprint density at radius 2 is 1.93 bits per heavy atom. The third-order valence-corrected chi connectivity index (χ3v) is 8.38. The number of halogens is 1. The number of hydrogen-bond donors (Lipinski definition) is 4. The monoisotopic (exact) mass is 616 g/mol. The molecule has 6 unspecified atom stereocenters. The number of carbonyl (C=O) groups excluding carboxylic acids is 1. The van der Waals surface area contributed by atoms with Crippen LogP contribution in [0.4, 0.5) is 10.3 Å². The molecule has 0 amide bonds. The third kappa shape index (κ3) is 6.92. The Bertz CT molecular complexity index is 1660. The Balaban J connectivity index is 1.31. The minimum Gasteiger partial charge on any atom is -0.460 e. The highest BCUT2D eigenvalue weighted by molar-refractivity contribution is 7.52. The number of anilines is 1. The largest absolute Gasteiger partial charge is 0.460 e. The lowest BCUT2D eigenvalue weighted by Crippen LogP contribution is -2.36. The molecule has 2 aromatic carbocycles. The number of alkyl halides is 1. The van der Waals surface area contributed by atoms with Crippen LogP contribution in [0.3, 0.4) is 0 Å². The number of benzene rings is 2. The van der Waals surface area contributed by atoms with Crippen LogP contribution >= 0.6 is 7.75 Å². The average molecular weight is 617 g/mol. The minimum atomic E-state index is -4.32. The maximum absolute atomic E-state index is 14.2. The molecular weight excluding hydrogens is 586 g/mol. The van der Waals surface area contributed by atoms with Crippen molar-refractivity contribution >= 4 is 30.8 Å². The quantitative estimate of drug-likeness (QED) is 0.134. The normalized spacial score (nSPS) is 22.2. The molecule has 228 valence electrons. The fraction of sp³-hybridized carbons (Fsp3) is 0.333. The first-order valence-corrected chi connectivity index (χ1v) is 14.8. The maximum Gasteiger partial charge on any atom is 0.459 e. The highest BCUT2D eigenvalue weighted by atomic mass is 31.2. The molecule has 5 N–H and O–H groups in total. The average Bonchev–Trinajstić information content (AvgIpc) is 3.55. The number of carbonyl (C=O) groups is 1. The van der Waals surface area contributed by atoms with Crippen molar-refractivity contribution in [2.24, 2.45) is 5.92 Å². The van der Waals surface area contributed by atoms with E-state index in [-0.39, 0.29) is 29.5 Å². The zero-order valence-electron chi connectivity index (χ0n) is 22.9. The van der Waals surface area contributed by atoms with E-state index in [9.17, 15) is 23.7 Å². The van der Waals surface area contributed by atoms with E-state index in [0.717, 1.165) is 5.56 Å². The zero-order chi connectivity index (χ0) is 30.6. The topological polar surface area (TPSA) is 193 Å². The number of aliphatic hydroxyl groups excluding tert-OH is 1. The second-order valence-corrected chi connectivity index (χ2v) is 11.5. The van der Waals surface area contributed by atoms with E-state index >= 15 is 0 Å². The Hall–Kier alpha value is -4.14. The Labute approximate surface area is 244 Å². The fourth-order valence-electron chi connectivity index (χ4n) is 4.53. The molecule has 1 aliphatic heterocycles. The van der Waals surface area contributed by atoms with Gasteiger partial charge in [-0.05, 0) is 24.6 Å². The SMILES string of the molecule is CC(NP(=O)(OCC1OC(n2cnc3c(=O)[nH]c(N)nc32)C(O)C1CF)Oc1ccccc1)C(=O)OCc1ccccc1.